The standard InChI is InChI=1S/C12H10Cl2F3NO/c13-7-1-6(2-8(14)3-7)9-4-10(9)11(19)18-5-12(15,16)17/h1-3,9-10H,4-5H2,(H,18,19)/t9-,10+/m1/s1. The number of nitrogens with one attached hydrogen (secondary N) is 1. The van der Waals surface area contributed by atoms with Gasteiger partial charge in [-0.25, -0.2) is 0 Å². The van der Waals surface area contributed by atoms with Gasteiger partial charge < -0.3 is 5.32 Å². The molecule has 0 heterocycles. The summed E-state index contributed by atoms with van der Waals surface area (Å²) in [6.07, 6.45) is -3.88. The van der Waals surface area contributed by atoms with Gasteiger partial charge in [0.05, 0.1) is 0 Å². The lowest BCUT2D eigenvalue weighted by atomic mass is 10.1. The molecular formula is C12H10Cl2F3NO. The van der Waals surface area contributed by atoms with Crippen molar-refractivity contribution in [2.24, 2.45) is 5.92 Å². The molecule has 1 amide bonds. The molecule has 0 radical (unpaired) electrons. The quantitative estimate of drug-likeness (QED) is 0.904. The van der Waals surface area contributed by atoms with Gasteiger partial charge in [-0.2, -0.15) is 13.2 Å². The van der Waals surface area contributed by atoms with Crippen LogP contribution in [-0.4, -0.2) is 18.6 Å². The summed E-state index contributed by atoms with van der Waals surface area (Å²) in [5.41, 5.74) is 0.782. The van der Waals surface area contributed by atoms with E-state index in [4.69, 9.17) is 23.2 Å². The molecule has 0 bridgehead atoms. The van der Waals surface area contributed by atoms with E-state index in [9.17, 15) is 18.0 Å². The van der Waals surface area contributed by atoms with Crippen LogP contribution in [0.2, 0.25) is 10.0 Å². The number of amides is 1. The van der Waals surface area contributed by atoms with Crippen LogP contribution in [0.5, 0.6) is 0 Å². The second-order valence-electron chi connectivity index (χ2n) is 4.48. The lowest BCUT2D eigenvalue weighted by Gasteiger charge is -2.08. The summed E-state index contributed by atoms with van der Waals surface area (Å²) in [5, 5.41) is 2.78. The predicted octanol–water partition coefficient (Wildman–Crippen LogP) is 3.78. The fraction of sp³-hybridized carbons (Fsp3) is 0.417. The van der Waals surface area contributed by atoms with Gasteiger partial charge in [-0.3, -0.25) is 4.79 Å². The van der Waals surface area contributed by atoms with E-state index >= 15 is 0 Å². The van der Waals surface area contributed by atoms with Crippen molar-refractivity contribution in [2.45, 2.75) is 18.5 Å². The highest BCUT2D eigenvalue weighted by Gasteiger charge is 2.44. The third kappa shape index (κ3) is 4.01. The van der Waals surface area contributed by atoms with E-state index in [1.807, 2.05) is 5.32 Å². The van der Waals surface area contributed by atoms with Crippen LogP contribution in [0.15, 0.2) is 18.2 Å². The summed E-state index contributed by atoms with van der Waals surface area (Å²) in [5.74, 6) is -1.13. The third-order valence-corrected chi connectivity index (χ3v) is 3.34. The summed E-state index contributed by atoms with van der Waals surface area (Å²) in [6, 6.07) is 4.91. The van der Waals surface area contributed by atoms with Crippen LogP contribution in [0, 0.1) is 5.92 Å². The molecule has 7 heteroatoms. The fourth-order valence-electron chi connectivity index (χ4n) is 1.96. The lowest BCUT2D eigenvalue weighted by Crippen LogP contribution is -2.34. The number of carbonyl (C=O) groups is 1. The number of hydrogen-bond acceptors (Lipinski definition) is 1. The average Bonchev–Trinajstić information content (AvgIpc) is 3.03. The number of rotatable bonds is 3. The van der Waals surface area contributed by atoms with Crippen molar-refractivity contribution in [3.05, 3.63) is 33.8 Å². The number of carbonyl (C=O) groups excluding carboxylic acids is 1. The van der Waals surface area contributed by atoms with Crippen molar-refractivity contribution in [2.75, 3.05) is 6.54 Å². The van der Waals surface area contributed by atoms with Gasteiger partial charge >= 0.3 is 6.18 Å². The van der Waals surface area contributed by atoms with Crippen molar-refractivity contribution in [1.29, 1.82) is 0 Å². The molecule has 1 aliphatic carbocycles. The molecule has 1 fully saturated rings. The van der Waals surface area contributed by atoms with Gasteiger partial charge in [0.15, 0.2) is 0 Å². The van der Waals surface area contributed by atoms with Gasteiger partial charge in [0.2, 0.25) is 5.91 Å². The molecular weight excluding hydrogens is 302 g/mol. The molecule has 0 aromatic heterocycles. The number of hydrogen-bond donors (Lipinski definition) is 1. The summed E-state index contributed by atoms with van der Waals surface area (Å²) >= 11 is 11.7. The molecule has 2 atom stereocenters. The van der Waals surface area contributed by atoms with Crippen LogP contribution in [0.3, 0.4) is 0 Å². The molecule has 19 heavy (non-hydrogen) atoms. The predicted molar refractivity (Wildman–Crippen MR) is 66.4 cm³/mol. The largest absolute Gasteiger partial charge is 0.405 e. The Morgan fingerprint density at radius 1 is 1.26 bits per heavy atom. The number of benzene rings is 1. The zero-order chi connectivity index (χ0) is 14.2. The third-order valence-electron chi connectivity index (χ3n) is 2.90. The Bertz CT molecular complexity index is 484. The van der Waals surface area contributed by atoms with Crippen LogP contribution in [0.1, 0.15) is 17.9 Å². The molecule has 1 aromatic rings. The Labute approximate surface area is 117 Å². The first-order valence-electron chi connectivity index (χ1n) is 5.57. The fourth-order valence-corrected chi connectivity index (χ4v) is 2.50. The molecule has 2 nitrogen and oxygen atoms in total. The van der Waals surface area contributed by atoms with Gasteiger partial charge in [0.1, 0.15) is 6.54 Å². The van der Waals surface area contributed by atoms with E-state index in [1.165, 1.54) is 0 Å². The summed E-state index contributed by atoms with van der Waals surface area (Å²) in [4.78, 5) is 11.5. The highest BCUT2D eigenvalue weighted by Crippen LogP contribution is 2.48. The monoisotopic (exact) mass is 311 g/mol. The van der Waals surface area contributed by atoms with Gasteiger partial charge in [-0.1, -0.05) is 23.2 Å². The normalized spacial score (nSPS) is 22.2. The average molecular weight is 312 g/mol. The van der Waals surface area contributed by atoms with Crippen molar-refractivity contribution >= 4 is 29.1 Å². The minimum atomic E-state index is -4.39. The van der Waals surface area contributed by atoms with Crippen LogP contribution >= 0.6 is 23.2 Å². The lowest BCUT2D eigenvalue weighted by molar-refractivity contribution is -0.139. The Balaban J connectivity index is 1.95. The SMILES string of the molecule is O=C(NCC(F)(F)F)[C@H]1C[C@@H]1c1cc(Cl)cc(Cl)c1. The van der Waals surface area contributed by atoms with Gasteiger partial charge in [-0.05, 0) is 36.1 Å². The van der Waals surface area contributed by atoms with E-state index in [0.29, 0.717) is 16.5 Å². The number of halogens is 5. The van der Waals surface area contributed by atoms with Gasteiger partial charge in [0, 0.05) is 16.0 Å². The highest BCUT2D eigenvalue weighted by molar-refractivity contribution is 6.34. The Morgan fingerprint density at radius 3 is 2.37 bits per heavy atom. The molecule has 0 spiro atoms. The van der Waals surface area contributed by atoms with Crippen molar-refractivity contribution in [3.8, 4) is 0 Å². The maximum atomic E-state index is 12.0. The highest BCUT2D eigenvalue weighted by atomic mass is 35.5. The van der Waals surface area contributed by atoms with Gasteiger partial charge in [-0.15, -0.1) is 0 Å². The molecule has 1 aliphatic rings. The minimum absolute atomic E-state index is 0.107. The van der Waals surface area contributed by atoms with Crippen molar-refractivity contribution < 1.29 is 18.0 Å². The van der Waals surface area contributed by atoms with E-state index in [0.717, 1.165) is 5.56 Å². The van der Waals surface area contributed by atoms with Crippen LogP contribution in [-0.2, 0) is 4.79 Å². The molecule has 0 aliphatic heterocycles. The zero-order valence-corrected chi connectivity index (χ0v) is 11.1. The second kappa shape index (κ2) is 5.21. The van der Waals surface area contributed by atoms with Crippen molar-refractivity contribution in [1.82, 2.24) is 5.32 Å². The molecule has 104 valence electrons. The molecule has 0 unspecified atom stereocenters. The molecule has 2 rings (SSSR count). The maximum absolute atomic E-state index is 12.0. The van der Waals surface area contributed by atoms with E-state index in [2.05, 4.69) is 0 Å². The van der Waals surface area contributed by atoms with Crippen molar-refractivity contribution in [3.63, 3.8) is 0 Å². The topological polar surface area (TPSA) is 29.1 Å². The summed E-state index contributed by atoms with van der Waals surface area (Å²) in [6.45, 7) is -1.30. The minimum Gasteiger partial charge on any atom is -0.347 e. The Hall–Kier alpha value is -0.940. The second-order valence-corrected chi connectivity index (χ2v) is 5.36. The summed E-state index contributed by atoms with van der Waals surface area (Å²) < 4.78 is 35.9. The van der Waals surface area contributed by atoms with Crippen LogP contribution in [0.4, 0.5) is 13.2 Å². The molecule has 1 aromatic carbocycles. The van der Waals surface area contributed by atoms with E-state index < -0.39 is 24.5 Å². The first-order valence-corrected chi connectivity index (χ1v) is 6.32. The Morgan fingerprint density at radius 2 is 1.84 bits per heavy atom. The molecule has 0 saturated heterocycles. The smallest absolute Gasteiger partial charge is 0.347 e. The Kier molecular flexibility index (Phi) is 3.97. The van der Waals surface area contributed by atoms with E-state index in [1.54, 1.807) is 18.2 Å². The zero-order valence-electron chi connectivity index (χ0n) is 9.60. The first-order chi connectivity index (χ1) is 8.76. The maximum Gasteiger partial charge on any atom is 0.405 e. The first kappa shape index (κ1) is 14.5. The van der Waals surface area contributed by atoms with Gasteiger partial charge in [0.25, 0.3) is 0 Å². The van der Waals surface area contributed by atoms with Crippen LogP contribution in [0.25, 0.3) is 0 Å². The number of alkyl halides is 3. The molecule has 1 N–H and O–H groups in total. The van der Waals surface area contributed by atoms with Crippen LogP contribution < -0.4 is 5.32 Å². The molecule has 1 saturated carbocycles. The van der Waals surface area contributed by atoms with E-state index in [-0.39, 0.29) is 5.92 Å². The summed E-state index contributed by atoms with van der Waals surface area (Å²) in [7, 11) is 0.